The van der Waals surface area contributed by atoms with Gasteiger partial charge in [0, 0.05) is 22.4 Å². The summed E-state index contributed by atoms with van der Waals surface area (Å²) in [6.45, 7) is 0.0109. The SMILES string of the molecule is O=C(Cn1ccn2nccc2c1=O)c1cccc(Br)c1. The van der Waals surface area contributed by atoms with Gasteiger partial charge in [-0.3, -0.25) is 9.59 Å². The van der Waals surface area contributed by atoms with Gasteiger partial charge in [0.1, 0.15) is 5.52 Å². The van der Waals surface area contributed by atoms with Crippen molar-refractivity contribution in [1.29, 1.82) is 0 Å². The van der Waals surface area contributed by atoms with Crippen molar-refractivity contribution in [2.24, 2.45) is 0 Å². The van der Waals surface area contributed by atoms with E-state index in [1.165, 1.54) is 9.08 Å². The largest absolute Gasteiger partial charge is 0.304 e. The van der Waals surface area contributed by atoms with Crippen LogP contribution in [0.3, 0.4) is 0 Å². The summed E-state index contributed by atoms with van der Waals surface area (Å²) in [6, 6.07) is 8.74. The molecule has 0 N–H and O–H groups in total. The van der Waals surface area contributed by atoms with Gasteiger partial charge in [-0.2, -0.15) is 5.10 Å². The first-order valence-electron chi connectivity index (χ1n) is 5.97. The minimum absolute atomic E-state index is 0.0109. The van der Waals surface area contributed by atoms with Crippen molar-refractivity contribution in [3.8, 4) is 0 Å². The molecule has 0 amide bonds. The van der Waals surface area contributed by atoms with Crippen LogP contribution < -0.4 is 5.56 Å². The maximum atomic E-state index is 12.2. The molecule has 0 spiro atoms. The van der Waals surface area contributed by atoms with Crippen molar-refractivity contribution in [2.75, 3.05) is 0 Å². The number of fused-ring (bicyclic) bond motifs is 1. The molecule has 0 saturated carbocycles. The van der Waals surface area contributed by atoms with E-state index >= 15 is 0 Å². The van der Waals surface area contributed by atoms with E-state index < -0.39 is 0 Å². The summed E-state index contributed by atoms with van der Waals surface area (Å²) >= 11 is 3.33. The quantitative estimate of drug-likeness (QED) is 0.691. The van der Waals surface area contributed by atoms with Crippen molar-refractivity contribution in [2.45, 2.75) is 6.54 Å². The number of hydrogen-bond acceptors (Lipinski definition) is 3. The maximum Gasteiger partial charge on any atom is 0.276 e. The highest BCUT2D eigenvalue weighted by atomic mass is 79.9. The van der Waals surface area contributed by atoms with Crippen molar-refractivity contribution < 1.29 is 4.79 Å². The van der Waals surface area contributed by atoms with Crippen molar-refractivity contribution in [3.05, 3.63) is 69.3 Å². The molecule has 2 heterocycles. The Labute approximate surface area is 122 Å². The van der Waals surface area contributed by atoms with E-state index in [2.05, 4.69) is 21.0 Å². The van der Waals surface area contributed by atoms with Crippen LogP contribution in [0.15, 0.2) is 58.2 Å². The number of nitrogens with zero attached hydrogens (tertiary/aromatic N) is 3. The Morgan fingerprint density at radius 3 is 2.90 bits per heavy atom. The Hall–Kier alpha value is -2.21. The van der Waals surface area contributed by atoms with Gasteiger partial charge in [0.15, 0.2) is 5.78 Å². The highest BCUT2D eigenvalue weighted by Crippen LogP contribution is 2.12. The van der Waals surface area contributed by atoms with Crippen LogP contribution in [-0.4, -0.2) is 20.0 Å². The van der Waals surface area contributed by atoms with Crippen LogP contribution in [0, 0.1) is 0 Å². The number of carbonyl (C=O) groups is 1. The lowest BCUT2D eigenvalue weighted by atomic mass is 10.1. The molecule has 0 fully saturated rings. The highest BCUT2D eigenvalue weighted by Gasteiger charge is 2.10. The third-order valence-corrected chi connectivity index (χ3v) is 3.49. The topological polar surface area (TPSA) is 56.4 Å². The fraction of sp³-hybridized carbons (Fsp3) is 0.0714. The summed E-state index contributed by atoms with van der Waals surface area (Å²) in [7, 11) is 0. The molecule has 100 valence electrons. The Kier molecular flexibility index (Phi) is 3.23. The van der Waals surface area contributed by atoms with Crippen LogP contribution in [0.2, 0.25) is 0 Å². The van der Waals surface area contributed by atoms with E-state index in [0.29, 0.717) is 11.1 Å². The number of aromatic nitrogens is 3. The minimum atomic E-state index is -0.228. The summed E-state index contributed by atoms with van der Waals surface area (Å²) in [5.41, 5.74) is 0.794. The van der Waals surface area contributed by atoms with Gasteiger partial charge in [0.2, 0.25) is 0 Å². The molecule has 0 atom stereocenters. The van der Waals surface area contributed by atoms with E-state index in [1.807, 2.05) is 6.07 Å². The lowest BCUT2D eigenvalue weighted by Crippen LogP contribution is -2.25. The van der Waals surface area contributed by atoms with Crippen LogP contribution in [0.4, 0.5) is 0 Å². The molecule has 0 aliphatic rings. The lowest BCUT2D eigenvalue weighted by molar-refractivity contribution is 0.0971. The van der Waals surface area contributed by atoms with Crippen LogP contribution >= 0.6 is 15.9 Å². The lowest BCUT2D eigenvalue weighted by Gasteiger charge is -2.06. The number of hydrogen-bond donors (Lipinski definition) is 0. The van der Waals surface area contributed by atoms with Crippen LogP contribution in [0.25, 0.3) is 5.52 Å². The number of ketones is 1. The van der Waals surface area contributed by atoms with E-state index in [0.717, 1.165) is 4.47 Å². The van der Waals surface area contributed by atoms with Crippen LogP contribution in [0.1, 0.15) is 10.4 Å². The molecule has 3 aromatic rings. The van der Waals surface area contributed by atoms with Gasteiger partial charge in [-0.25, -0.2) is 4.52 Å². The number of rotatable bonds is 3. The summed E-state index contributed by atoms with van der Waals surface area (Å²) in [5, 5.41) is 3.98. The van der Waals surface area contributed by atoms with Gasteiger partial charge in [0.25, 0.3) is 5.56 Å². The van der Waals surface area contributed by atoms with E-state index in [9.17, 15) is 9.59 Å². The van der Waals surface area contributed by atoms with Crippen molar-refractivity contribution in [1.82, 2.24) is 14.2 Å². The minimum Gasteiger partial charge on any atom is -0.304 e. The Bertz CT molecular complexity index is 851. The van der Waals surface area contributed by atoms with Gasteiger partial charge < -0.3 is 4.57 Å². The van der Waals surface area contributed by atoms with Crippen LogP contribution in [-0.2, 0) is 6.54 Å². The molecule has 0 bridgehead atoms. The molecule has 2 aromatic heterocycles. The molecular formula is C14H10BrN3O2. The maximum absolute atomic E-state index is 12.2. The Morgan fingerprint density at radius 1 is 1.25 bits per heavy atom. The van der Waals surface area contributed by atoms with Gasteiger partial charge in [-0.1, -0.05) is 28.1 Å². The van der Waals surface area contributed by atoms with Gasteiger partial charge in [0.05, 0.1) is 12.7 Å². The molecule has 20 heavy (non-hydrogen) atoms. The normalized spacial score (nSPS) is 10.8. The Balaban J connectivity index is 1.95. The molecule has 0 unspecified atom stereocenters. The summed E-state index contributed by atoms with van der Waals surface area (Å²) in [4.78, 5) is 24.4. The van der Waals surface area contributed by atoms with E-state index in [1.54, 1.807) is 42.9 Å². The zero-order chi connectivity index (χ0) is 14.1. The highest BCUT2D eigenvalue weighted by molar-refractivity contribution is 9.10. The molecule has 6 heteroatoms. The van der Waals surface area contributed by atoms with Crippen molar-refractivity contribution in [3.63, 3.8) is 0 Å². The average molecular weight is 332 g/mol. The number of carbonyl (C=O) groups excluding carboxylic acids is 1. The second kappa shape index (κ2) is 5.05. The third kappa shape index (κ3) is 2.30. The van der Waals surface area contributed by atoms with Gasteiger partial charge in [-0.05, 0) is 18.2 Å². The zero-order valence-corrected chi connectivity index (χ0v) is 11.9. The predicted molar refractivity (Wildman–Crippen MR) is 77.9 cm³/mol. The second-order valence-corrected chi connectivity index (χ2v) is 5.24. The molecular weight excluding hydrogens is 322 g/mol. The zero-order valence-electron chi connectivity index (χ0n) is 10.4. The van der Waals surface area contributed by atoms with Crippen LogP contribution in [0.5, 0.6) is 0 Å². The van der Waals surface area contributed by atoms with Gasteiger partial charge in [-0.15, -0.1) is 0 Å². The molecule has 5 nitrogen and oxygen atoms in total. The van der Waals surface area contributed by atoms with E-state index in [4.69, 9.17) is 0 Å². The standard InChI is InChI=1S/C14H10BrN3O2/c15-11-3-1-2-10(8-11)13(19)9-17-6-7-18-12(14(17)20)4-5-16-18/h1-8H,9H2. The summed E-state index contributed by atoms with van der Waals surface area (Å²) in [6.07, 6.45) is 4.78. The first-order chi connectivity index (χ1) is 9.65. The predicted octanol–water partition coefficient (Wildman–Crippen LogP) is 2.14. The molecule has 0 aliphatic carbocycles. The Morgan fingerprint density at radius 2 is 2.10 bits per heavy atom. The first-order valence-corrected chi connectivity index (χ1v) is 6.76. The third-order valence-electron chi connectivity index (χ3n) is 3.00. The fourth-order valence-electron chi connectivity index (χ4n) is 1.99. The molecule has 1 aromatic carbocycles. The molecule has 0 aliphatic heterocycles. The molecule has 0 saturated heterocycles. The number of halogens is 1. The molecule has 0 radical (unpaired) electrons. The number of Topliss-reactive ketones (excluding diaryl/α,β-unsaturated/α-hetero) is 1. The monoisotopic (exact) mass is 331 g/mol. The summed E-state index contributed by atoms with van der Waals surface area (Å²) < 4.78 is 3.71. The molecule has 3 rings (SSSR count). The van der Waals surface area contributed by atoms with Crippen molar-refractivity contribution >= 4 is 27.2 Å². The fourth-order valence-corrected chi connectivity index (χ4v) is 2.39. The van der Waals surface area contributed by atoms with E-state index in [-0.39, 0.29) is 17.9 Å². The summed E-state index contributed by atoms with van der Waals surface area (Å²) in [5.74, 6) is -0.114. The van der Waals surface area contributed by atoms with Gasteiger partial charge >= 0.3 is 0 Å². The second-order valence-electron chi connectivity index (χ2n) is 4.33. The average Bonchev–Trinajstić information content (AvgIpc) is 2.91. The first kappa shape index (κ1) is 12.8. The number of benzene rings is 1. The smallest absolute Gasteiger partial charge is 0.276 e.